The summed E-state index contributed by atoms with van der Waals surface area (Å²) in [6.07, 6.45) is 4.66. The van der Waals surface area contributed by atoms with Crippen molar-refractivity contribution < 1.29 is 4.79 Å². The van der Waals surface area contributed by atoms with Crippen molar-refractivity contribution in [3.05, 3.63) is 17.1 Å². The first kappa shape index (κ1) is 16.4. The molecule has 0 aliphatic carbocycles. The van der Waals surface area contributed by atoms with E-state index in [4.69, 9.17) is 9.97 Å². The van der Waals surface area contributed by atoms with Crippen LogP contribution in [-0.4, -0.2) is 40.9 Å². The van der Waals surface area contributed by atoms with Gasteiger partial charge in [-0.1, -0.05) is 13.8 Å². The Morgan fingerprint density at radius 3 is 2.70 bits per heavy atom. The number of carbonyl (C=O) groups is 1. The summed E-state index contributed by atoms with van der Waals surface area (Å²) in [4.78, 5) is 26.3. The molecule has 0 bridgehead atoms. The summed E-state index contributed by atoms with van der Waals surface area (Å²) in [5.41, 5.74) is 2.21. The molecule has 0 saturated carbocycles. The van der Waals surface area contributed by atoms with E-state index in [-0.39, 0.29) is 5.91 Å². The lowest BCUT2D eigenvalue weighted by Crippen LogP contribution is -2.38. The molecule has 0 spiro atoms. The Morgan fingerprint density at radius 1 is 1.26 bits per heavy atom. The summed E-state index contributed by atoms with van der Waals surface area (Å²) >= 11 is 0. The quantitative estimate of drug-likeness (QED) is 0.857. The van der Waals surface area contributed by atoms with Gasteiger partial charge < -0.3 is 0 Å². The van der Waals surface area contributed by atoms with Crippen LogP contribution in [0.25, 0.3) is 0 Å². The van der Waals surface area contributed by atoms with Crippen LogP contribution in [0.3, 0.4) is 0 Å². The fourth-order valence-corrected chi connectivity index (χ4v) is 3.61. The third kappa shape index (κ3) is 3.25. The monoisotopic (exact) mass is 316 g/mol. The average Bonchev–Trinajstić information content (AvgIpc) is 2.92. The Labute approximate surface area is 139 Å². The molecular formula is C18H28N4O. The first-order valence-corrected chi connectivity index (χ1v) is 8.85. The van der Waals surface area contributed by atoms with Gasteiger partial charge in [0.1, 0.15) is 11.6 Å². The van der Waals surface area contributed by atoms with Gasteiger partial charge in [-0.3, -0.25) is 14.6 Å². The number of nitrogens with zero attached hydrogens (tertiary/aromatic N) is 4. The first-order valence-electron chi connectivity index (χ1n) is 8.85. The Bertz CT molecular complexity index is 599. The van der Waals surface area contributed by atoms with E-state index < -0.39 is 0 Å². The maximum atomic E-state index is 12.4. The molecule has 1 saturated heterocycles. The summed E-state index contributed by atoms with van der Waals surface area (Å²) in [6, 6.07) is 0.294. The van der Waals surface area contributed by atoms with Crippen LogP contribution in [0.1, 0.15) is 62.7 Å². The average molecular weight is 316 g/mol. The molecule has 0 radical (unpaired) electrons. The van der Waals surface area contributed by atoms with Gasteiger partial charge in [-0.05, 0) is 52.1 Å². The largest absolute Gasteiger partial charge is 0.296 e. The number of rotatable bonds is 4. The Balaban J connectivity index is 1.96. The molecule has 1 atom stereocenters. The number of likely N-dealkylation sites (tertiary alicyclic amines) is 1. The molecule has 2 aliphatic rings. The zero-order chi connectivity index (χ0) is 16.6. The van der Waals surface area contributed by atoms with Crippen LogP contribution in [0, 0.1) is 12.8 Å². The van der Waals surface area contributed by atoms with Crippen LogP contribution in [-0.2, 0) is 11.2 Å². The van der Waals surface area contributed by atoms with Crippen LogP contribution < -0.4 is 4.90 Å². The molecule has 3 rings (SSSR count). The van der Waals surface area contributed by atoms with E-state index in [1.54, 1.807) is 0 Å². The summed E-state index contributed by atoms with van der Waals surface area (Å²) in [7, 11) is 2.14. The predicted molar refractivity (Wildman–Crippen MR) is 91.5 cm³/mol. The van der Waals surface area contributed by atoms with Gasteiger partial charge in [0.25, 0.3) is 0 Å². The van der Waals surface area contributed by atoms with Crippen molar-refractivity contribution in [2.45, 2.75) is 58.9 Å². The standard InChI is InChI=1S/C18H28N4O/c1-12(2)9-11-22-16(23)8-7-14-13(3)19-17(20-18(14)22)15-6-5-10-21(15)4/h12,15H,5-11H2,1-4H3/t15-/m1/s1. The molecule has 5 heteroatoms. The van der Waals surface area contributed by atoms with Crippen molar-refractivity contribution >= 4 is 11.7 Å². The third-order valence-electron chi connectivity index (χ3n) is 5.10. The van der Waals surface area contributed by atoms with Crippen LogP contribution in [0.2, 0.25) is 0 Å². The number of aromatic nitrogens is 2. The molecule has 5 nitrogen and oxygen atoms in total. The summed E-state index contributed by atoms with van der Waals surface area (Å²) in [5, 5.41) is 0. The number of hydrogen-bond acceptors (Lipinski definition) is 4. The normalized spacial score (nSPS) is 22.0. The molecule has 0 N–H and O–H groups in total. The van der Waals surface area contributed by atoms with Gasteiger partial charge in [0, 0.05) is 24.2 Å². The van der Waals surface area contributed by atoms with Crippen LogP contribution >= 0.6 is 0 Å². The first-order chi connectivity index (χ1) is 11.0. The SMILES string of the molecule is Cc1nc([C@H]2CCCN2C)nc2c1CCC(=O)N2CCC(C)C. The zero-order valence-electron chi connectivity index (χ0n) is 14.8. The van der Waals surface area contributed by atoms with Gasteiger partial charge in [-0.2, -0.15) is 0 Å². The molecule has 23 heavy (non-hydrogen) atoms. The van der Waals surface area contributed by atoms with E-state index in [1.807, 2.05) is 4.90 Å². The summed E-state index contributed by atoms with van der Waals surface area (Å²) in [6.45, 7) is 8.31. The second-order valence-corrected chi connectivity index (χ2v) is 7.34. The molecule has 0 aromatic carbocycles. The smallest absolute Gasteiger partial charge is 0.228 e. The molecule has 2 aliphatic heterocycles. The van der Waals surface area contributed by atoms with E-state index in [0.29, 0.717) is 18.4 Å². The van der Waals surface area contributed by atoms with E-state index in [1.165, 1.54) is 6.42 Å². The maximum absolute atomic E-state index is 12.4. The van der Waals surface area contributed by atoms with Crippen molar-refractivity contribution in [3.8, 4) is 0 Å². The van der Waals surface area contributed by atoms with Gasteiger partial charge in [-0.15, -0.1) is 0 Å². The zero-order valence-corrected chi connectivity index (χ0v) is 14.8. The Morgan fingerprint density at radius 2 is 2.04 bits per heavy atom. The molecule has 3 heterocycles. The Kier molecular flexibility index (Phi) is 4.67. The van der Waals surface area contributed by atoms with Crippen LogP contribution in [0.4, 0.5) is 5.82 Å². The number of aryl methyl sites for hydroxylation is 1. The number of amides is 1. The highest BCUT2D eigenvalue weighted by Crippen LogP contribution is 2.33. The van der Waals surface area contributed by atoms with Gasteiger partial charge in [0.05, 0.1) is 6.04 Å². The second kappa shape index (κ2) is 6.56. The molecule has 0 unspecified atom stereocenters. The van der Waals surface area contributed by atoms with Gasteiger partial charge in [-0.25, -0.2) is 9.97 Å². The molecule has 1 aromatic heterocycles. The lowest BCUT2D eigenvalue weighted by atomic mass is 10.0. The molecular weight excluding hydrogens is 288 g/mol. The fourth-order valence-electron chi connectivity index (χ4n) is 3.61. The number of fused-ring (bicyclic) bond motifs is 1. The molecule has 1 fully saturated rings. The van der Waals surface area contributed by atoms with Crippen LogP contribution in [0.5, 0.6) is 0 Å². The topological polar surface area (TPSA) is 49.3 Å². The highest BCUT2D eigenvalue weighted by Gasteiger charge is 2.31. The summed E-state index contributed by atoms with van der Waals surface area (Å²) in [5.74, 6) is 2.56. The lowest BCUT2D eigenvalue weighted by Gasteiger charge is -2.31. The van der Waals surface area contributed by atoms with E-state index >= 15 is 0 Å². The van der Waals surface area contributed by atoms with Crippen molar-refractivity contribution in [2.75, 3.05) is 25.0 Å². The highest BCUT2D eigenvalue weighted by molar-refractivity contribution is 5.95. The minimum Gasteiger partial charge on any atom is -0.296 e. The second-order valence-electron chi connectivity index (χ2n) is 7.34. The maximum Gasteiger partial charge on any atom is 0.228 e. The van der Waals surface area contributed by atoms with Crippen molar-refractivity contribution in [3.63, 3.8) is 0 Å². The highest BCUT2D eigenvalue weighted by atomic mass is 16.2. The van der Waals surface area contributed by atoms with E-state index in [2.05, 4.69) is 32.7 Å². The van der Waals surface area contributed by atoms with Gasteiger partial charge >= 0.3 is 0 Å². The fraction of sp³-hybridized carbons (Fsp3) is 0.722. The lowest BCUT2D eigenvalue weighted by molar-refractivity contribution is -0.119. The minimum atomic E-state index is 0.210. The van der Waals surface area contributed by atoms with Crippen molar-refractivity contribution in [1.29, 1.82) is 0 Å². The molecule has 1 amide bonds. The minimum absolute atomic E-state index is 0.210. The molecule has 1 aromatic rings. The van der Waals surface area contributed by atoms with E-state index in [0.717, 1.165) is 55.3 Å². The summed E-state index contributed by atoms with van der Waals surface area (Å²) < 4.78 is 0. The molecule has 126 valence electrons. The Hall–Kier alpha value is -1.49. The van der Waals surface area contributed by atoms with Gasteiger partial charge in [0.2, 0.25) is 5.91 Å². The third-order valence-corrected chi connectivity index (χ3v) is 5.10. The number of carbonyl (C=O) groups excluding carboxylic acids is 1. The van der Waals surface area contributed by atoms with Crippen molar-refractivity contribution in [2.24, 2.45) is 5.92 Å². The number of anilines is 1. The van der Waals surface area contributed by atoms with Crippen molar-refractivity contribution in [1.82, 2.24) is 14.9 Å². The van der Waals surface area contributed by atoms with E-state index in [9.17, 15) is 4.79 Å². The number of hydrogen-bond donors (Lipinski definition) is 0. The van der Waals surface area contributed by atoms with Crippen LogP contribution in [0.15, 0.2) is 0 Å². The van der Waals surface area contributed by atoms with Gasteiger partial charge in [0.15, 0.2) is 0 Å². The predicted octanol–water partition coefficient (Wildman–Crippen LogP) is 2.88.